The van der Waals surface area contributed by atoms with E-state index < -0.39 is 12.0 Å². The average Bonchev–Trinajstić information content (AvgIpc) is 2.32. The molecule has 0 bridgehead atoms. The number of pyridine rings is 1. The maximum Gasteiger partial charge on any atom is 0.305 e. The van der Waals surface area contributed by atoms with Crippen molar-refractivity contribution in [2.75, 3.05) is 0 Å². The number of rotatable bonds is 6. The highest BCUT2D eigenvalue weighted by atomic mass is 79.9. The number of nitrogens with zero attached hydrogens (tertiary/aromatic N) is 1. The molecule has 2 N–H and O–H groups in total. The van der Waals surface area contributed by atoms with Crippen LogP contribution in [0.4, 0.5) is 0 Å². The first-order chi connectivity index (χ1) is 8.92. The Kier molecular flexibility index (Phi) is 5.75. The molecule has 0 aliphatic rings. The lowest BCUT2D eigenvalue weighted by Crippen LogP contribution is -2.39. The van der Waals surface area contributed by atoms with E-state index >= 15 is 0 Å². The smallest absolute Gasteiger partial charge is 0.305 e. The van der Waals surface area contributed by atoms with Gasteiger partial charge < -0.3 is 15.0 Å². The van der Waals surface area contributed by atoms with Crippen LogP contribution in [0.2, 0.25) is 0 Å². The standard InChI is InChI=1S/C12H15BrN2O4/c1-2-9(5-12(18)19)14-10(16)7-15-6-8(13)3-4-11(15)17/h3-4,6,9H,2,5,7H2,1H3,(H,14,16)(H,18,19). The maximum absolute atomic E-state index is 11.7. The molecule has 0 spiro atoms. The number of carboxylic acid groups (broad SMARTS) is 1. The quantitative estimate of drug-likeness (QED) is 0.813. The number of carboxylic acids is 1. The Hall–Kier alpha value is -1.63. The van der Waals surface area contributed by atoms with E-state index in [2.05, 4.69) is 21.2 Å². The Morgan fingerprint density at radius 2 is 2.16 bits per heavy atom. The fourth-order valence-electron chi connectivity index (χ4n) is 1.56. The number of hydrogen-bond acceptors (Lipinski definition) is 3. The van der Waals surface area contributed by atoms with Crippen LogP contribution >= 0.6 is 15.9 Å². The number of aromatic nitrogens is 1. The molecule has 19 heavy (non-hydrogen) atoms. The van der Waals surface area contributed by atoms with Crippen LogP contribution in [-0.4, -0.2) is 27.6 Å². The summed E-state index contributed by atoms with van der Waals surface area (Å²) in [6.07, 6.45) is 1.90. The average molecular weight is 331 g/mol. The number of carbonyl (C=O) groups is 2. The summed E-state index contributed by atoms with van der Waals surface area (Å²) in [5, 5.41) is 11.3. The number of nitrogens with one attached hydrogen (secondary N) is 1. The van der Waals surface area contributed by atoms with Crippen molar-refractivity contribution in [3.05, 3.63) is 33.2 Å². The van der Waals surface area contributed by atoms with E-state index in [1.54, 1.807) is 13.0 Å². The van der Waals surface area contributed by atoms with Crippen LogP contribution in [0.3, 0.4) is 0 Å². The second-order valence-corrected chi connectivity index (χ2v) is 5.00. The first-order valence-electron chi connectivity index (χ1n) is 5.79. The summed E-state index contributed by atoms with van der Waals surface area (Å²) in [7, 11) is 0. The van der Waals surface area contributed by atoms with E-state index in [1.165, 1.54) is 16.8 Å². The molecule has 1 unspecified atom stereocenters. The lowest BCUT2D eigenvalue weighted by atomic mass is 10.1. The van der Waals surface area contributed by atoms with Crippen LogP contribution < -0.4 is 10.9 Å². The van der Waals surface area contributed by atoms with Crippen molar-refractivity contribution in [1.82, 2.24) is 9.88 Å². The number of aliphatic carboxylic acids is 1. The molecule has 1 aromatic rings. The normalized spacial score (nSPS) is 11.9. The van der Waals surface area contributed by atoms with Gasteiger partial charge in [-0.2, -0.15) is 0 Å². The van der Waals surface area contributed by atoms with Gasteiger partial charge in [-0.15, -0.1) is 0 Å². The molecule has 6 nitrogen and oxygen atoms in total. The van der Waals surface area contributed by atoms with Crippen molar-refractivity contribution < 1.29 is 14.7 Å². The molecule has 0 aromatic carbocycles. The van der Waals surface area contributed by atoms with Crippen LogP contribution in [-0.2, 0) is 16.1 Å². The highest BCUT2D eigenvalue weighted by Gasteiger charge is 2.14. The zero-order chi connectivity index (χ0) is 14.4. The molecule has 1 amide bonds. The highest BCUT2D eigenvalue weighted by molar-refractivity contribution is 9.10. The topological polar surface area (TPSA) is 88.4 Å². The molecule has 0 saturated heterocycles. The molecule has 1 aromatic heterocycles. The summed E-state index contributed by atoms with van der Waals surface area (Å²) in [6.45, 7) is 1.66. The lowest BCUT2D eigenvalue weighted by Gasteiger charge is -2.15. The van der Waals surface area contributed by atoms with Crippen LogP contribution in [0.25, 0.3) is 0 Å². The molecular weight excluding hydrogens is 316 g/mol. The molecule has 1 rings (SSSR count). The number of carbonyl (C=O) groups excluding carboxylic acids is 1. The van der Waals surface area contributed by atoms with Gasteiger partial charge in [-0.25, -0.2) is 0 Å². The van der Waals surface area contributed by atoms with Gasteiger partial charge in [0.15, 0.2) is 0 Å². The van der Waals surface area contributed by atoms with Gasteiger partial charge in [0, 0.05) is 22.8 Å². The first kappa shape index (κ1) is 15.4. The Labute approximate surface area is 118 Å². The molecule has 7 heteroatoms. The fraction of sp³-hybridized carbons (Fsp3) is 0.417. The summed E-state index contributed by atoms with van der Waals surface area (Å²) in [4.78, 5) is 33.9. The Balaban J connectivity index is 2.66. The molecule has 0 saturated carbocycles. The SMILES string of the molecule is CCC(CC(=O)O)NC(=O)Cn1cc(Br)ccc1=O. The van der Waals surface area contributed by atoms with E-state index in [1.807, 2.05) is 0 Å². The fourth-order valence-corrected chi connectivity index (χ4v) is 1.94. The molecule has 1 heterocycles. The highest BCUT2D eigenvalue weighted by Crippen LogP contribution is 2.05. The summed E-state index contributed by atoms with van der Waals surface area (Å²) in [5.41, 5.74) is -0.287. The van der Waals surface area contributed by atoms with E-state index in [0.29, 0.717) is 10.9 Å². The van der Waals surface area contributed by atoms with Crippen LogP contribution in [0.1, 0.15) is 19.8 Å². The van der Waals surface area contributed by atoms with Crippen molar-refractivity contribution in [2.24, 2.45) is 0 Å². The molecule has 0 fully saturated rings. The van der Waals surface area contributed by atoms with Crippen molar-refractivity contribution in [1.29, 1.82) is 0 Å². The third-order valence-corrected chi connectivity index (χ3v) is 3.01. The zero-order valence-corrected chi connectivity index (χ0v) is 12.0. The van der Waals surface area contributed by atoms with Gasteiger partial charge in [-0.1, -0.05) is 6.92 Å². The van der Waals surface area contributed by atoms with Crippen LogP contribution in [0, 0.1) is 0 Å². The van der Waals surface area contributed by atoms with Gasteiger partial charge in [0.1, 0.15) is 6.54 Å². The summed E-state index contributed by atoms with van der Waals surface area (Å²) in [5.74, 6) is -1.35. The zero-order valence-electron chi connectivity index (χ0n) is 10.4. The van der Waals surface area contributed by atoms with Gasteiger partial charge in [0.25, 0.3) is 5.56 Å². The lowest BCUT2D eigenvalue weighted by molar-refractivity contribution is -0.137. The number of amides is 1. The monoisotopic (exact) mass is 330 g/mol. The third-order valence-electron chi connectivity index (χ3n) is 2.54. The predicted molar refractivity (Wildman–Crippen MR) is 72.9 cm³/mol. The second kappa shape index (κ2) is 7.08. The third kappa shape index (κ3) is 5.25. The Morgan fingerprint density at radius 3 is 2.74 bits per heavy atom. The second-order valence-electron chi connectivity index (χ2n) is 4.08. The molecule has 1 atom stereocenters. The number of hydrogen-bond donors (Lipinski definition) is 2. The van der Waals surface area contributed by atoms with Crippen molar-refractivity contribution in [2.45, 2.75) is 32.4 Å². The van der Waals surface area contributed by atoms with E-state index in [-0.39, 0.29) is 24.4 Å². The minimum absolute atomic E-state index is 0.129. The van der Waals surface area contributed by atoms with Crippen LogP contribution in [0.15, 0.2) is 27.6 Å². The molecule has 0 aliphatic carbocycles. The van der Waals surface area contributed by atoms with E-state index in [0.717, 1.165) is 0 Å². The predicted octanol–water partition coefficient (Wildman–Crippen LogP) is 0.980. The summed E-state index contributed by atoms with van der Waals surface area (Å²) < 4.78 is 1.95. The summed E-state index contributed by atoms with van der Waals surface area (Å²) in [6, 6.07) is 2.52. The van der Waals surface area contributed by atoms with Gasteiger partial charge in [-0.3, -0.25) is 14.4 Å². The molecule has 0 aliphatic heterocycles. The van der Waals surface area contributed by atoms with Gasteiger partial charge in [-0.05, 0) is 28.4 Å². The molecule has 104 valence electrons. The Morgan fingerprint density at radius 1 is 1.47 bits per heavy atom. The summed E-state index contributed by atoms with van der Waals surface area (Å²) >= 11 is 3.21. The van der Waals surface area contributed by atoms with Crippen LogP contribution in [0.5, 0.6) is 0 Å². The van der Waals surface area contributed by atoms with Gasteiger partial charge >= 0.3 is 5.97 Å². The van der Waals surface area contributed by atoms with Gasteiger partial charge in [0.05, 0.1) is 6.42 Å². The molecular formula is C12H15BrN2O4. The van der Waals surface area contributed by atoms with Crippen molar-refractivity contribution in [3.8, 4) is 0 Å². The number of halogens is 1. The van der Waals surface area contributed by atoms with Crippen molar-refractivity contribution >= 4 is 27.8 Å². The largest absolute Gasteiger partial charge is 0.481 e. The first-order valence-corrected chi connectivity index (χ1v) is 6.58. The van der Waals surface area contributed by atoms with E-state index in [4.69, 9.17) is 5.11 Å². The van der Waals surface area contributed by atoms with Gasteiger partial charge in [0.2, 0.25) is 5.91 Å². The molecule has 0 radical (unpaired) electrons. The maximum atomic E-state index is 11.7. The van der Waals surface area contributed by atoms with E-state index in [9.17, 15) is 14.4 Å². The van der Waals surface area contributed by atoms with Crippen molar-refractivity contribution in [3.63, 3.8) is 0 Å². The minimum Gasteiger partial charge on any atom is -0.481 e. The Bertz CT molecular complexity index is 527. The minimum atomic E-state index is -0.966.